The number of hydrogen-bond donors (Lipinski definition) is 2. The van der Waals surface area contributed by atoms with Crippen LogP contribution >= 0.6 is 11.3 Å². The number of anilines is 1. The third-order valence-corrected chi connectivity index (χ3v) is 11.5. The molecule has 1 atom stereocenters. The number of nitriles is 1. The van der Waals surface area contributed by atoms with Gasteiger partial charge in [0.15, 0.2) is 5.01 Å². The Morgan fingerprint density at radius 2 is 1.86 bits per heavy atom. The number of carbonyl (C=O) groups excluding carboxylic acids is 3. The van der Waals surface area contributed by atoms with Gasteiger partial charge in [-0.25, -0.2) is 4.52 Å². The van der Waals surface area contributed by atoms with Crippen molar-refractivity contribution >= 4 is 40.3 Å². The first kappa shape index (κ1) is 31.8. The van der Waals surface area contributed by atoms with E-state index in [0.29, 0.717) is 31.5 Å². The van der Waals surface area contributed by atoms with Crippen LogP contribution in [-0.2, 0) is 27.3 Å². The quantitative estimate of drug-likeness (QED) is 0.229. The van der Waals surface area contributed by atoms with E-state index >= 15 is 0 Å². The number of nitrogens with one attached hydrogen (secondary N) is 2. The van der Waals surface area contributed by atoms with E-state index in [2.05, 4.69) is 38.1 Å². The zero-order valence-corrected chi connectivity index (χ0v) is 28.4. The Bertz CT molecular complexity index is 2190. The number of amides is 3. The van der Waals surface area contributed by atoms with Crippen molar-refractivity contribution in [1.29, 1.82) is 5.26 Å². The van der Waals surface area contributed by atoms with Crippen molar-refractivity contribution in [2.24, 2.45) is 5.92 Å². The van der Waals surface area contributed by atoms with Gasteiger partial charge in [0.25, 0.3) is 0 Å². The van der Waals surface area contributed by atoms with E-state index in [-0.39, 0.29) is 35.5 Å². The van der Waals surface area contributed by atoms with Crippen molar-refractivity contribution in [2.45, 2.75) is 63.3 Å². The molecule has 0 radical (unpaired) electrons. The average Bonchev–Trinajstić information content (AvgIpc) is 3.82. The fourth-order valence-corrected chi connectivity index (χ4v) is 8.61. The number of nitrogens with zero attached hydrogens (tertiary/aromatic N) is 7. The largest absolute Gasteiger partial charge is 0.387 e. The maximum atomic E-state index is 13.7. The standard InChI is InChI=1S/C37H35N9O3S/c1-39-30-16-31(32-10-8-27-14-21(17-38)18-41-46(27)32)40-19-29(30)36-44-43-35(50-36)22-2-4-23(5-3-22)37(49)45-13-12-24-15-25(6-7-26(24)20-45)28-9-11-33(47)42-34(28)48/h6-8,10,14-16,18-19,22-23,28H,2-5,9,11-13,20H2,1H3,(H,39,40)(H,42,47,48)/t22-,23-,28-/m1/s1. The minimum absolute atomic E-state index is 0.00157. The number of carbonyl (C=O) groups is 3. The van der Waals surface area contributed by atoms with Crippen LogP contribution in [0.3, 0.4) is 0 Å². The molecule has 12 nitrogen and oxygen atoms in total. The molecule has 2 aliphatic heterocycles. The van der Waals surface area contributed by atoms with Gasteiger partial charge in [-0.3, -0.25) is 24.7 Å². The molecule has 2 fully saturated rings. The Balaban J connectivity index is 0.900. The number of hydrogen-bond acceptors (Lipinski definition) is 10. The van der Waals surface area contributed by atoms with Gasteiger partial charge in [0.2, 0.25) is 17.7 Å². The monoisotopic (exact) mass is 685 g/mol. The predicted octanol–water partition coefficient (Wildman–Crippen LogP) is 5.21. The Morgan fingerprint density at radius 3 is 2.66 bits per heavy atom. The molecule has 0 spiro atoms. The number of piperidine rings is 1. The molecule has 8 rings (SSSR count). The lowest BCUT2D eigenvalue weighted by molar-refractivity contribution is -0.137. The van der Waals surface area contributed by atoms with Crippen LogP contribution < -0.4 is 10.6 Å². The number of aromatic nitrogens is 5. The van der Waals surface area contributed by atoms with Gasteiger partial charge in [-0.05, 0) is 79.5 Å². The summed E-state index contributed by atoms with van der Waals surface area (Å²) in [6.45, 7) is 1.26. The van der Waals surface area contributed by atoms with Crippen molar-refractivity contribution in [2.75, 3.05) is 18.9 Å². The zero-order valence-electron chi connectivity index (χ0n) is 27.6. The smallest absolute Gasteiger partial charge is 0.234 e. The number of rotatable bonds is 6. The third kappa shape index (κ3) is 5.89. The van der Waals surface area contributed by atoms with Gasteiger partial charge >= 0.3 is 0 Å². The van der Waals surface area contributed by atoms with Gasteiger partial charge in [0.1, 0.15) is 11.1 Å². The van der Waals surface area contributed by atoms with Gasteiger partial charge in [-0.2, -0.15) is 10.4 Å². The lowest BCUT2D eigenvalue weighted by Gasteiger charge is -2.34. The second kappa shape index (κ2) is 13.1. The Hall–Kier alpha value is -5.48. The second-order valence-electron chi connectivity index (χ2n) is 13.3. The molecular formula is C37H35N9O3S. The molecule has 1 aromatic carbocycles. The van der Waals surface area contributed by atoms with Gasteiger partial charge in [-0.1, -0.05) is 29.5 Å². The highest BCUT2D eigenvalue weighted by molar-refractivity contribution is 7.14. The van der Waals surface area contributed by atoms with Gasteiger partial charge in [-0.15, -0.1) is 10.2 Å². The summed E-state index contributed by atoms with van der Waals surface area (Å²) in [6, 6.07) is 15.9. The van der Waals surface area contributed by atoms with Crippen molar-refractivity contribution in [1.82, 2.24) is 35.0 Å². The summed E-state index contributed by atoms with van der Waals surface area (Å²) >= 11 is 1.59. The van der Waals surface area contributed by atoms with Crippen LogP contribution in [0.2, 0.25) is 0 Å². The fraction of sp³-hybridized carbons (Fsp3) is 0.351. The van der Waals surface area contributed by atoms with E-state index in [1.165, 1.54) is 5.56 Å². The van der Waals surface area contributed by atoms with Crippen LogP contribution in [0.4, 0.5) is 5.69 Å². The summed E-state index contributed by atoms with van der Waals surface area (Å²) in [5.41, 5.74) is 7.92. The number of benzene rings is 1. The van der Waals surface area contributed by atoms with Crippen LogP contribution in [-0.4, -0.2) is 61.0 Å². The van der Waals surface area contributed by atoms with Crippen molar-refractivity contribution < 1.29 is 14.4 Å². The molecular weight excluding hydrogens is 651 g/mol. The van der Waals surface area contributed by atoms with E-state index in [1.54, 1.807) is 28.1 Å². The molecule has 1 saturated carbocycles. The van der Waals surface area contributed by atoms with E-state index in [9.17, 15) is 19.6 Å². The van der Waals surface area contributed by atoms with E-state index < -0.39 is 0 Å². The molecule has 5 aromatic rings. The fourth-order valence-electron chi connectivity index (χ4n) is 7.57. The molecule has 0 unspecified atom stereocenters. The molecule has 50 heavy (non-hydrogen) atoms. The molecule has 4 aromatic heterocycles. The van der Waals surface area contributed by atoms with Crippen LogP contribution in [0, 0.1) is 17.2 Å². The summed E-state index contributed by atoms with van der Waals surface area (Å²) in [5, 5.41) is 30.3. The van der Waals surface area contributed by atoms with Crippen molar-refractivity contribution in [3.8, 4) is 28.0 Å². The zero-order chi connectivity index (χ0) is 34.4. The lowest BCUT2D eigenvalue weighted by Crippen LogP contribution is -2.41. The maximum Gasteiger partial charge on any atom is 0.234 e. The van der Waals surface area contributed by atoms with Crippen molar-refractivity contribution in [3.63, 3.8) is 0 Å². The van der Waals surface area contributed by atoms with Crippen LogP contribution in [0.25, 0.3) is 27.5 Å². The van der Waals surface area contributed by atoms with Crippen LogP contribution in [0.1, 0.15) is 77.6 Å². The Kier molecular flexibility index (Phi) is 8.32. The maximum absolute atomic E-state index is 13.7. The predicted molar refractivity (Wildman–Crippen MR) is 187 cm³/mol. The topological polar surface area (TPSA) is 158 Å². The highest BCUT2D eigenvalue weighted by atomic mass is 32.1. The molecule has 2 N–H and O–H groups in total. The first-order valence-corrected chi connectivity index (χ1v) is 17.8. The highest BCUT2D eigenvalue weighted by Crippen LogP contribution is 2.41. The molecule has 252 valence electrons. The molecule has 6 heterocycles. The molecule has 1 aliphatic carbocycles. The Morgan fingerprint density at radius 1 is 1.00 bits per heavy atom. The normalized spacial score (nSPS) is 20.6. The van der Waals surface area contributed by atoms with Crippen LogP contribution in [0.15, 0.2) is 54.9 Å². The lowest BCUT2D eigenvalue weighted by atomic mass is 9.81. The SMILES string of the molecule is CNc1cc(-c2ccc3cc(C#N)cnn23)ncc1-c1nnc([C@H]2CC[C@H](C(=O)N3CCc4cc([C@H]5CCC(=O)NC5=O)ccc4C3)CC2)s1. The van der Waals surface area contributed by atoms with E-state index in [4.69, 9.17) is 4.98 Å². The minimum Gasteiger partial charge on any atom is -0.387 e. The van der Waals surface area contributed by atoms with Gasteiger partial charge in [0, 0.05) is 50.3 Å². The second-order valence-corrected chi connectivity index (χ2v) is 14.3. The van der Waals surface area contributed by atoms with Gasteiger partial charge in [0.05, 0.1) is 40.1 Å². The summed E-state index contributed by atoms with van der Waals surface area (Å²) in [6.07, 6.45) is 8.45. The summed E-state index contributed by atoms with van der Waals surface area (Å²) in [5.74, 6) is -0.234. The summed E-state index contributed by atoms with van der Waals surface area (Å²) in [7, 11) is 1.87. The first-order chi connectivity index (χ1) is 24.4. The number of fused-ring (bicyclic) bond motifs is 2. The number of imide groups is 1. The van der Waals surface area contributed by atoms with E-state index in [0.717, 1.165) is 81.4 Å². The third-order valence-electron chi connectivity index (χ3n) is 10.4. The first-order valence-electron chi connectivity index (χ1n) is 17.0. The molecule has 1 saturated heterocycles. The molecule has 13 heteroatoms. The van der Waals surface area contributed by atoms with Crippen LogP contribution in [0.5, 0.6) is 0 Å². The minimum atomic E-state index is -0.297. The summed E-state index contributed by atoms with van der Waals surface area (Å²) in [4.78, 5) is 44.3. The molecule has 3 amide bonds. The summed E-state index contributed by atoms with van der Waals surface area (Å²) < 4.78 is 1.78. The Labute approximate surface area is 292 Å². The highest BCUT2D eigenvalue weighted by Gasteiger charge is 2.34. The van der Waals surface area contributed by atoms with E-state index in [1.807, 2.05) is 48.5 Å². The molecule has 3 aliphatic rings. The number of pyridine rings is 1. The molecule has 0 bridgehead atoms. The van der Waals surface area contributed by atoms with Crippen molar-refractivity contribution in [3.05, 3.63) is 82.1 Å². The average molecular weight is 686 g/mol. The van der Waals surface area contributed by atoms with Gasteiger partial charge < -0.3 is 10.2 Å².